The van der Waals surface area contributed by atoms with Gasteiger partial charge in [0.2, 0.25) is 0 Å². The number of hydrogen-bond acceptors (Lipinski definition) is 5. The maximum Gasteiger partial charge on any atom is 0.272 e. The molecule has 6 N–H and O–H groups in total. The lowest BCUT2D eigenvalue weighted by atomic mass is 10.3. The Hall–Kier alpha value is -3.31. The zero-order chi connectivity index (χ0) is 22.0. The number of nitrogens with two attached hydrogens (primary N) is 1. The summed E-state index contributed by atoms with van der Waals surface area (Å²) in [5.41, 5.74) is 6.91. The van der Waals surface area contributed by atoms with Gasteiger partial charge in [-0.3, -0.25) is 19.8 Å². The molecule has 11 nitrogen and oxygen atoms in total. The number of aryl methyl sites for hydroxylation is 2. The van der Waals surface area contributed by atoms with Gasteiger partial charge in [0.1, 0.15) is 11.4 Å². The molecule has 3 amide bonds. The van der Waals surface area contributed by atoms with Crippen molar-refractivity contribution >= 4 is 47.3 Å². The molecule has 2 atom stereocenters. The number of epoxide rings is 1. The van der Waals surface area contributed by atoms with Gasteiger partial charge in [0.15, 0.2) is 6.10 Å². The van der Waals surface area contributed by atoms with Crippen LogP contribution in [0.5, 0.6) is 0 Å². The maximum atomic E-state index is 12.7. The van der Waals surface area contributed by atoms with Crippen molar-refractivity contribution in [2.45, 2.75) is 25.6 Å². The molecule has 2 unspecified atom stereocenters. The maximum absolute atomic E-state index is 12.7. The molecule has 3 heterocycles. The van der Waals surface area contributed by atoms with Gasteiger partial charge in [0.25, 0.3) is 17.7 Å². The fourth-order valence-corrected chi connectivity index (χ4v) is 2.99. The van der Waals surface area contributed by atoms with Crippen molar-refractivity contribution in [1.82, 2.24) is 14.5 Å². The largest absolute Gasteiger partial charge is 0.388 e. The predicted molar refractivity (Wildman–Crippen MR) is 118 cm³/mol. The van der Waals surface area contributed by atoms with Crippen molar-refractivity contribution in [1.29, 1.82) is 5.41 Å². The van der Waals surface area contributed by atoms with Crippen LogP contribution in [-0.2, 0) is 23.6 Å². The Labute approximate surface area is 185 Å². The topological polar surface area (TPSA) is 160 Å². The third-order valence-electron chi connectivity index (χ3n) is 4.65. The fraction of sp³-hybridized carbons (Fsp3) is 0.368. The second-order valence-corrected chi connectivity index (χ2v) is 7.19. The van der Waals surface area contributed by atoms with E-state index < -0.39 is 6.10 Å². The number of aromatic nitrogens is 2. The van der Waals surface area contributed by atoms with Gasteiger partial charge in [-0.05, 0) is 19.1 Å². The van der Waals surface area contributed by atoms with Gasteiger partial charge < -0.3 is 35.6 Å². The summed E-state index contributed by atoms with van der Waals surface area (Å²) in [6.45, 7) is 2.06. The molecule has 31 heavy (non-hydrogen) atoms. The summed E-state index contributed by atoms with van der Waals surface area (Å²) in [6, 6.07) is 3.12. The highest BCUT2D eigenvalue weighted by Gasteiger charge is 2.41. The fourth-order valence-electron chi connectivity index (χ4n) is 2.99. The molecule has 0 radical (unpaired) electrons. The highest BCUT2D eigenvalue weighted by Crippen LogP contribution is 2.23. The van der Waals surface area contributed by atoms with Crippen molar-refractivity contribution < 1.29 is 19.1 Å². The van der Waals surface area contributed by atoms with Crippen LogP contribution in [0.4, 0.5) is 11.4 Å². The van der Waals surface area contributed by atoms with Crippen molar-refractivity contribution in [3.8, 4) is 0 Å². The molecule has 2 aromatic rings. The van der Waals surface area contributed by atoms with Gasteiger partial charge in [-0.15, -0.1) is 12.4 Å². The number of amidine groups is 1. The molecule has 1 fully saturated rings. The summed E-state index contributed by atoms with van der Waals surface area (Å²) in [4.78, 5) is 36.9. The van der Waals surface area contributed by atoms with Crippen molar-refractivity contribution in [3.63, 3.8) is 0 Å². The highest BCUT2D eigenvalue weighted by atomic mass is 35.5. The quantitative estimate of drug-likeness (QED) is 0.228. The first kappa shape index (κ1) is 24.0. The number of halogens is 1. The molecule has 2 aromatic heterocycles. The van der Waals surface area contributed by atoms with Crippen molar-refractivity contribution in [2.75, 3.05) is 17.2 Å². The summed E-state index contributed by atoms with van der Waals surface area (Å²) in [5.74, 6) is -0.973. The van der Waals surface area contributed by atoms with Crippen molar-refractivity contribution in [2.24, 2.45) is 19.8 Å². The van der Waals surface area contributed by atoms with E-state index >= 15 is 0 Å². The molecule has 1 aliphatic heterocycles. The van der Waals surface area contributed by atoms with Gasteiger partial charge in [0, 0.05) is 39.5 Å². The van der Waals surface area contributed by atoms with Crippen LogP contribution < -0.4 is 21.7 Å². The molecule has 168 valence electrons. The Bertz CT molecular complexity index is 1010. The number of amides is 3. The summed E-state index contributed by atoms with van der Waals surface area (Å²) in [6.07, 6.45) is 2.97. The summed E-state index contributed by atoms with van der Waals surface area (Å²) in [5, 5.41) is 15.3. The number of carbonyl (C=O) groups excluding carboxylic acids is 3. The van der Waals surface area contributed by atoms with E-state index in [1.807, 2.05) is 6.92 Å². The standard InChI is InChI=1S/C19H25N7O4.ClH/c1-10-16(30-10)19(29)24-12-7-14(26(3)9-12)18(28)23-11-6-13(25(2)8-11)17(27)22-5-4-15(20)21;/h6-10,16H,4-5H2,1-3H3,(H3,20,21)(H,22,27)(H,23,28)(H,24,29);1H. The lowest BCUT2D eigenvalue weighted by Gasteiger charge is -2.04. The molecule has 3 rings (SSSR count). The molecule has 0 spiro atoms. The number of nitrogens with one attached hydrogen (secondary N) is 4. The van der Waals surface area contributed by atoms with E-state index in [4.69, 9.17) is 15.9 Å². The number of hydrogen-bond donors (Lipinski definition) is 5. The second-order valence-electron chi connectivity index (χ2n) is 7.19. The van der Waals surface area contributed by atoms with Gasteiger partial charge in [-0.2, -0.15) is 0 Å². The van der Waals surface area contributed by atoms with Gasteiger partial charge in [0.05, 0.1) is 23.3 Å². The number of ether oxygens (including phenoxy) is 1. The van der Waals surface area contributed by atoms with Crippen LogP contribution in [0, 0.1) is 5.41 Å². The van der Waals surface area contributed by atoms with Gasteiger partial charge >= 0.3 is 0 Å². The van der Waals surface area contributed by atoms with Crippen LogP contribution in [0.1, 0.15) is 34.3 Å². The van der Waals surface area contributed by atoms with E-state index in [-0.39, 0.29) is 55.0 Å². The third-order valence-corrected chi connectivity index (χ3v) is 4.65. The lowest BCUT2D eigenvalue weighted by Crippen LogP contribution is -2.28. The predicted octanol–water partition coefficient (Wildman–Crippen LogP) is 0.819. The normalized spacial score (nSPS) is 16.7. The number of carbonyl (C=O) groups is 3. The van der Waals surface area contributed by atoms with E-state index in [0.717, 1.165) is 0 Å². The minimum absolute atomic E-state index is 0. The Morgan fingerprint density at radius 3 is 2.10 bits per heavy atom. The van der Waals surface area contributed by atoms with E-state index in [1.54, 1.807) is 47.8 Å². The van der Waals surface area contributed by atoms with Crippen LogP contribution in [0.2, 0.25) is 0 Å². The number of nitrogens with zero attached hydrogens (tertiary/aromatic N) is 2. The molecule has 0 aliphatic carbocycles. The summed E-state index contributed by atoms with van der Waals surface area (Å²) < 4.78 is 8.32. The Kier molecular flexibility index (Phi) is 7.47. The van der Waals surface area contributed by atoms with Crippen LogP contribution in [0.25, 0.3) is 0 Å². The molecular formula is C19H26ClN7O4. The first-order valence-electron chi connectivity index (χ1n) is 9.37. The van der Waals surface area contributed by atoms with Crippen LogP contribution >= 0.6 is 12.4 Å². The average molecular weight is 452 g/mol. The zero-order valence-electron chi connectivity index (χ0n) is 17.4. The average Bonchev–Trinajstić information content (AvgIpc) is 3.11. The summed E-state index contributed by atoms with van der Waals surface area (Å²) >= 11 is 0. The van der Waals surface area contributed by atoms with Gasteiger partial charge in [-0.25, -0.2) is 0 Å². The Morgan fingerprint density at radius 1 is 1.06 bits per heavy atom. The van der Waals surface area contributed by atoms with Crippen LogP contribution in [0.15, 0.2) is 24.5 Å². The molecule has 1 saturated heterocycles. The van der Waals surface area contributed by atoms with E-state index in [9.17, 15) is 14.4 Å². The first-order chi connectivity index (χ1) is 14.2. The Morgan fingerprint density at radius 2 is 1.58 bits per heavy atom. The van der Waals surface area contributed by atoms with Crippen molar-refractivity contribution in [3.05, 3.63) is 35.9 Å². The lowest BCUT2D eigenvalue weighted by molar-refractivity contribution is -0.117. The van der Waals surface area contributed by atoms with E-state index in [0.29, 0.717) is 22.8 Å². The second kappa shape index (κ2) is 9.67. The molecule has 12 heteroatoms. The third kappa shape index (κ3) is 5.86. The zero-order valence-corrected chi connectivity index (χ0v) is 18.2. The van der Waals surface area contributed by atoms with Crippen LogP contribution in [-0.4, -0.2) is 51.4 Å². The molecule has 0 bridgehead atoms. The van der Waals surface area contributed by atoms with Crippen LogP contribution in [0.3, 0.4) is 0 Å². The monoisotopic (exact) mass is 451 g/mol. The molecule has 0 aromatic carbocycles. The molecule has 0 saturated carbocycles. The first-order valence-corrected chi connectivity index (χ1v) is 9.37. The highest BCUT2D eigenvalue weighted by molar-refractivity contribution is 6.05. The number of rotatable bonds is 8. The minimum atomic E-state index is -0.452. The Balaban J connectivity index is 0.00000341. The minimum Gasteiger partial charge on any atom is -0.388 e. The molecular weight excluding hydrogens is 426 g/mol. The summed E-state index contributed by atoms with van der Waals surface area (Å²) in [7, 11) is 3.38. The smallest absolute Gasteiger partial charge is 0.272 e. The SMILES string of the molecule is CC1OC1C(=O)Nc1cc(C(=O)Nc2cc(C(=O)NCCC(=N)N)n(C)c2)n(C)c1.Cl. The van der Waals surface area contributed by atoms with E-state index in [1.165, 1.54) is 0 Å². The molecule has 1 aliphatic rings. The van der Waals surface area contributed by atoms with E-state index in [2.05, 4.69) is 16.0 Å². The number of anilines is 2. The van der Waals surface area contributed by atoms with Gasteiger partial charge in [-0.1, -0.05) is 0 Å².